The van der Waals surface area contributed by atoms with E-state index in [1.165, 1.54) is 13.8 Å². The third kappa shape index (κ3) is 6.02. The van der Waals surface area contributed by atoms with Crippen molar-refractivity contribution in [1.82, 2.24) is 0 Å². The largest absolute Gasteiger partial charge is 0.478 e. The first kappa shape index (κ1) is 22.8. The zero-order valence-corrected chi connectivity index (χ0v) is 17.2. The van der Waals surface area contributed by atoms with Crippen molar-refractivity contribution < 1.29 is 34.4 Å². The number of carbonyl (C=O) groups is 3. The van der Waals surface area contributed by atoms with E-state index >= 15 is 0 Å². The van der Waals surface area contributed by atoms with Crippen LogP contribution >= 0.6 is 11.6 Å². The van der Waals surface area contributed by atoms with Crippen LogP contribution in [-0.2, 0) is 14.3 Å². The Morgan fingerprint density at radius 3 is 2.07 bits per heavy atom. The normalized spacial score (nSPS) is 11.5. The molecule has 0 radical (unpaired) electrons. The highest BCUT2D eigenvalue weighted by molar-refractivity contribution is 6.30. The molecule has 0 aliphatic heterocycles. The molecule has 30 heavy (non-hydrogen) atoms. The number of ether oxygens (including phenoxy) is 2. The summed E-state index contributed by atoms with van der Waals surface area (Å²) in [6.45, 7) is 2.52. The molecule has 2 rings (SSSR count). The van der Waals surface area contributed by atoms with Gasteiger partial charge in [0.1, 0.15) is 12.4 Å². The van der Waals surface area contributed by atoms with Crippen molar-refractivity contribution in [2.45, 2.75) is 19.4 Å². The van der Waals surface area contributed by atoms with Gasteiger partial charge < -0.3 is 14.6 Å². The quantitative estimate of drug-likeness (QED) is 0.272. The molecule has 0 amide bonds. The maximum atomic E-state index is 12.5. The number of benzene rings is 2. The molecular weight excluding hydrogens is 410 g/mol. The summed E-state index contributed by atoms with van der Waals surface area (Å²) in [6, 6.07) is 12.8. The van der Waals surface area contributed by atoms with Gasteiger partial charge in [0.25, 0.3) is 0 Å². The van der Waals surface area contributed by atoms with E-state index < -0.39 is 24.1 Å². The molecular formula is C22H21ClNO6+. The van der Waals surface area contributed by atoms with Crippen molar-refractivity contribution >= 4 is 35.5 Å². The second-order valence-corrected chi connectivity index (χ2v) is 7.17. The monoisotopic (exact) mass is 430 g/mol. The van der Waals surface area contributed by atoms with Crippen molar-refractivity contribution in [2.75, 3.05) is 6.61 Å². The van der Waals surface area contributed by atoms with Crippen molar-refractivity contribution in [3.8, 4) is 5.75 Å². The molecule has 0 heterocycles. The van der Waals surface area contributed by atoms with Crippen molar-refractivity contribution in [3.05, 3.63) is 76.3 Å². The molecule has 0 aromatic heterocycles. The first-order chi connectivity index (χ1) is 14.1. The molecule has 0 aliphatic rings. The summed E-state index contributed by atoms with van der Waals surface area (Å²) < 4.78 is 10.7. The summed E-state index contributed by atoms with van der Waals surface area (Å²) in [5, 5.41) is 14.7. The van der Waals surface area contributed by atoms with Crippen LogP contribution in [0.5, 0.6) is 5.75 Å². The predicted octanol–water partition coefficient (Wildman–Crippen LogP) is 2.11. The van der Waals surface area contributed by atoms with Crippen molar-refractivity contribution in [3.63, 3.8) is 0 Å². The third-order valence-corrected chi connectivity index (χ3v) is 4.27. The van der Waals surface area contributed by atoms with Gasteiger partial charge in [-0.1, -0.05) is 11.6 Å². The van der Waals surface area contributed by atoms with Gasteiger partial charge in [-0.25, -0.2) is 9.59 Å². The molecule has 0 saturated carbocycles. The number of allylic oxidation sites excluding steroid dienone is 1. The zero-order valence-electron chi connectivity index (χ0n) is 16.4. The lowest BCUT2D eigenvalue weighted by Gasteiger charge is -2.24. The minimum Gasteiger partial charge on any atom is -0.478 e. The zero-order chi connectivity index (χ0) is 22.3. The van der Waals surface area contributed by atoms with Crippen molar-refractivity contribution in [2.24, 2.45) is 0 Å². The Hall–Kier alpha value is -3.45. The highest BCUT2D eigenvalue weighted by Crippen LogP contribution is 2.22. The van der Waals surface area contributed by atoms with E-state index in [0.29, 0.717) is 21.9 Å². The fourth-order valence-electron chi connectivity index (χ4n) is 2.39. The van der Waals surface area contributed by atoms with Gasteiger partial charge in [0.15, 0.2) is 17.6 Å². The van der Waals surface area contributed by atoms with E-state index in [2.05, 4.69) is 0 Å². The van der Waals surface area contributed by atoms with Crippen LogP contribution in [0.4, 0.5) is 0 Å². The number of nitrogens with two attached hydrogens (primary N) is 1. The average molecular weight is 431 g/mol. The molecule has 2 aromatic carbocycles. The smallest absolute Gasteiger partial charge is 0.350 e. The fraction of sp³-hybridized carbons (Fsp3) is 0.182. The SMILES string of the molecule is CC(C)(Oc1ccc(C(=O)c2ccc(Cl)cc2)cc1)C(=O)OC/C(=C/C=[NH2+])C(=O)O. The Morgan fingerprint density at radius 1 is 1.03 bits per heavy atom. The highest BCUT2D eigenvalue weighted by Gasteiger charge is 2.32. The van der Waals surface area contributed by atoms with Gasteiger partial charge in [0, 0.05) is 22.2 Å². The van der Waals surface area contributed by atoms with E-state index in [1.807, 2.05) is 0 Å². The van der Waals surface area contributed by atoms with Crippen LogP contribution in [0.15, 0.2) is 60.2 Å². The topological polar surface area (TPSA) is 115 Å². The summed E-state index contributed by atoms with van der Waals surface area (Å²) in [4.78, 5) is 35.9. The number of hydrogen-bond donors (Lipinski definition) is 2. The van der Waals surface area contributed by atoms with Crippen LogP contribution in [-0.4, -0.2) is 41.3 Å². The molecule has 0 bridgehead atoms. The second-order valence-electron chi connectivity index (χ2n) is 6.74. The van der Waals surface area contributed by atoms with E-state index in [-0.39, 0.29) is 11.4 Å². The van der Waals surface area contributed by atoms with E-state index in [9.17, 15) is 14.4 Å². The second kappa shape index (κ2) is 9.84. The lowest BCUT2D eigenvalue weighted by Crippen LogP contribution is -2.40. The molecule has 0 spiro atoms. The highest BCUT2D eigenvalue weighted by atomic mass is 35.5. The maximum Gasteiger partial charge on any atom is 0.350 e. The standard InChI is InChI=1S/C22H20ClNO6/c1-22(2,21(28)29-13-16(11-12-24)20(26)27)30-18-9-5-15(6-10-18)19(25)14-3-7-17(23)8-4-14/h3-12,24H,13H2,1-2H3,(H,26,27)/p+1/b16-11-,24-12?. The maximum absolute atomic E-state index is 12.5. The van der Waals surface area contributed by atoms with Gasteiger partial charge in [-0.05, 0) is 62.4 Å². The summed E-state index contributed by atoms with van der Waals surface area (Å²) in [7, 11) is 0. The Labute approximate surface area is 178 Å². The molecule has 0 aliphatic carbocycles. The summed E-state index contributed by atoms with van der Waals surface area (Å²) in [5.41, 5.74) is -0.627. The Kier molecular flexibility index (Phi) is 7.49. The van der Waals surface area contributed by atoms with Gasteiger partial charge in [-0.3, -0.25) is 10.2 Å². The first-order valence-electron chi connectivity index (χ1n) is 8.88. The molecule has 0 saturated heterocycles. The number of carbonyl (C=O) groups excluding carboxylic acids is 2. The number of carboxylic acids is 1. The van der Waals surface area contributed by atoms with Crippen LogP contribution in [0.3, 0.4) is 0 Å². The van der Waals surface area contributed by atoms with Gasteiger partial charge in [-0.15, -0.1) is 0 Å². The van der Waals surface area contributed by atoms with Crippen LogP contribution < -0.4 is 10.1 Å². The Bertz CT molecular complexity index is 978. The lowest BCUT2D eigenvalue weighted by atomic mass is 10.0. The molecule has 2 aromatic rings. The number of hydrogen-bond acceptors (Lipinski definition) is 5. The number of halogens is 1. The molecule has 3 N–H and O–H groups in total. The number of esters is 1. The summed E-state index contributed by atoms with van der Waals surface area (Å²) >= 11 is 5.84. The average Bonchev–Trinajstić information content (AvgIpc) is 2.71. The first-order valence-corrected chi connectivity index (χ1v) is 9.26. The Balaban J connectivity index is 2.04. The van der Waals surface area contributed by atoms with E-state index in [1.54, 1.807) is 48.5 Å². The summed E-state index contributed by atoms with van der Waals surface area (Å²) in [5.74, 6) is -1.84. The third-order valence-electron chi connectivity index (χ3n) is 4.02. The van der Waals surface area contributed by atoms with E-state index in [0.717, 1.165) is 12.3 Å². The molecule has 0 unspecified atom stereocenters. The number of rotatable bonds is 9. The van der Waals surface area contributed by atoms with Crippen molar-refractivity contribution in [1.29, 1.82) is 0 Å². The van der Waals surface area contributed by atoms with Gasteiger partial charge in [-0.2, -0.15) is 0 Å². The number of aliphatic carboxylic acids is 1. The van der Waals surface area contributed by atoms with Gasteiger partial charge >= 0.3 is 11.9 Å². The molecule has 7 nitrogen and oxygen atoms in total. The Morgan fingerprint density at radius 2 is 1.57 bits per heavy atom. The van der Waals surface area contributed by atoms with Gasteiger partial charge in [0.05, 0.1) is 5.57 Å². The molecule has 0 atom stereocenters. The molecule has 0 fully saturated rings. The predicted molar refractivity (Wildman–Crippen MR) is 111 cm³/mol. The summed E-state index contributed by atoms with van der Waals surface area (Å²) in [6.07, 6.45) is 2.19. The molecule has 156 valence electrons. The van der Waals surface area contributed by atoms with Crippen LogP contribution in [0.2, 0.25) is 5.02 Å². The van der Waals surface area contributed by atoms with E-state index in [4.69, 9.17) is 31.6 Å². The minimum absolute atomic E-state index is 0.174. The molecule has 8 heteroatoms. The minimum atomic E-state index is -1.39. The fourth-order valence-corrected chi connectivity index (χ4v) is 2.52. The van der Waals surface area contributed by atoms with Crippen LogP contribution in [0.1, 0.15) is 29.8 Å². The number of ketones is 1. The van der Waals surface area contributed by atoms with Crippen LogP contribution in [0.25, 0.3) is 0 Å². The van der Waals surface area contributed by atoms with Gasteiger partial charge in [0.2, 0.25) is 0 Å². The van der Waals surface area contributed by atoms with Crippen LogP contribution in [0, 0.1) is 0 Å². The lowest BCUT2D eigenvalue weighted by molar-refractivity contribution is -0.158. The number of carboxylic acid groups (broad SMARTS) is 1.